The van der Waals surface area contributed by atoms with Gasteiger partial charge in [-0.15, -0.1) is 0 Å². The summed E-state index contributed by atoms with van der Waals surface area (Å²) >= 11 is 0. The Morgan fingerprint density at radius 1 is 0.971 bits per heavy atom. The average molecular weight is 469 g/mol. The van der Waals surface area contributed by atoms with Crippen molar-refractivity contribution >= 4 is 35.0 Å². The quantitative estimate of drug-likeness (QED) is 0.577. The Balaban J connectivity index is 1.36. The van der Waals surface area contributed by atoms with Gasteiger partial charge in [0.25, 0.3) is 17.7 Å². The summed E-state index contributed by atoms with van der Waals surface area (Å²) in [6.07, 6.45) is 0. The van der Waals surface area contributed by atoms with Crippen LogP contribution >= 0.6 is 0 Å². The monoisotopic (exact) mass is 469 g/mol. The molecular weight excluding hydrogens is 446 g/mol. The number of nitrogens with one attached hydrogen (secondary N) is 1. The average Bonchev–Trinajstić information content (AvgIpc) is 3.11. The lowest BCUT2D eigenvalue weighted by Crippen LogP contribution is -2.45. The van der Waals surface area contributed by atoms with Crippen LogP contribution < -0.4 is 15.0 Å². The predicted octanol–water partition coefficient (Wildman–Crippen LogP) is 3.54. The summed E-state index contributed by atoms with van der Waals surface area (Å²) in [5.41, 5.74) is 3.62. The van der Waals surface area contributed by atoms with Gasteiger partial charge in [-0.25, -0.2) is 0 Å². The van der Waals surface area contributed by atoms with Gasteiger partial charge >= 0.3 is 0 Å². The van der Waals surface area contributed by atoms with E-state index in [1.807, 2.05) is 31.2 Å². The fraction of sp³-hybridized carbons (Fsp3) is 0.185. The van der Waals surface area contributed by atoms with Crippen LogP contribution in [-0.2, 0) is 16.1 Å². The van der Waals surface area contributed by atoms with E-state index >= 15 is 0 Å². The molecule has 0 saturated heterocycles. The maximum atomic E-state index is 13.0. The van der Waals surface area contributed by atoms with Gasteiger partial charge in [0.1, 0.15) is 11.8 Å². The van der Waals surface area contributed by atoms with Crippen molar-refractivity contribution in [2.75, 3.05) is 16.8 Å². The molecule has 8 heteroatoms. The molecule has 1 unspecified atom stereocenters. The number of ether oxygens (including phenoxy) is 1. The minimum absolute atomic E-state index is 0.0681. The first-order valence-electron chi connectivity index (χ1n) is 11.2. The summed E-state index contributed by atoms with van der Waals surface area (Å²) in [7, 11) is 0. The molecule has 3 aromatic rings. The number of carbonyl (C=O) groups excluding carboxylic acids is 4. The van der Waals surface area contributed by atoms with Gasteiger partial charge in [0.2, 0.25) is 5.91 Å². The number of carbonyl (C=O) groups is 4. The molecule has 4 amide bonds. The van der Waals surface area contributed by atoms with Crippen LogP contribution in [0.25, 0.3) is 0 Å². The first-order valence-corrected chi connectivity index (χ1v) is 11.2. The van der Waals surface area contributed by atoms with Gasteiger partial charge in [-0.05, 0) is 49.7 Å². The second-order valence-electron chi connectivity index (χ2n) is 8.63. The van der Waals surface area contributed by atoms with Gasteiger partial charge in [0, 0.05) is 5.69 Å². The van der Waals surface area contributed by atoms with E-state index in [-0.39, 0.29) is 23.6 Å². The lowest BCUT2D eigenvalue weighted by molar-refractivity contribution is -0.121. The predicted molar refractivity (Wildman–Crippen MR) is 129 cm³/mol. The maximum absolute atomic E-state index is 13.0. The molecule has 35 heavy (non-hydrogen) atoms. The van der Waals surface area contributed by atoms with Crippen molar-refractivity contribution in [2.45, 2.75) is 26.4 Å². The molecule has 5 rings (SSSR count). The van der Waals surface area contributed by atoms with Crippen LogP contribution in [0.15, 0.2) is 66.7 Å². The largest absolute Gasteiger partial charge is 0.482 e. The van der Waals surface area contributed by atoms with E-state index in [0.29, 0.717) is 23.7 Å². The van der Waals surface area contributed by atoms with Crippen molar-refractivity contribution in [1.29, 1.82) is 0 Å². The SMILES string of the molecule is Cc1ccc(CN2C(=O)COc3ccc(NC(=O)C(C)N4C(=O)c5ccccc5C4=O)cc32)cc1. The molecule has 1 atom stereocenters. The molecule has 0 radical (unpaired) electrons. The van der Waals surface area contributed by atoms with Gasteiger partial charge in [-0.1, -0.05) is 42.0 Å². The highest BCUT2D eigenvalue weighted by Crippen LogP contribution is 2.36. The molecule has 0 spiro atoms. The molecule has 2 aliphatic rings. The van der Waals surface area contributed by atoms with Gasteiger partial charge in [0.05, 0.1) is 23.4 Å². The molecule has 0 saturated carbocycles. The number of benzene rings is 3. The highest BCUT2D eigenvalue weighted by Gasteiger charge is 2.40. The summed E-state index contributed by atoms with van der Waals surface area (Å²) in [5.74, 6) is -1.18. The minimum Gasteiger partial charge on any atom is -0.482 e. The Labute approximate surface area is 202 Å². The summed E-state index contributed by atoms with van der Waals surface area (Å²) in [6, 6.07) is 18.4. The first kappa shape index (κ1) is 22.3. The third-order valence-electron chi connectivity index (χ3n) is 6.22. The third kappa shape index (κ3) is 4.03. The molecule has 8 nitrogen and oxygen atoms in total. The Morgan fingerprint density at radius 2 is 1.63 bits per heavy atom. The molecule has 1 N–H and O–H groups in total. The van der Waals surface area contributed by atoms with E-state index in [0.717, 1.165) is 16.0 Å². The number of rotatable bonds is 5. The second kappa shape index (κ2) is 8.72. The Morgan fingerprint density at radius 3 is 2.29 bits per heavy atom. The van der Waals surface area contributed by atoms with Crippen LogP contribution in [0.1, 0.15) is 38.8 Å². The number of aryl methyl sites for hydroxylation is 1. The molecule has 0 fully saturated rings. The molecule has 0 aliphatic carbocycles. The summed E-state index contributed by atoms with van der Waals surface area (Å²) in [6.45, 7) is 3.79. The van der Waals surface area contributed by atoms with Crippen LogP contribution in [0, 0.1) is 6.92 Å². The van der Waals surface area contributed by atoms with Gasteiger partial charge < -0.3 is 15.0 Å². The number of amides is 4. The number of nitrogens with zero attached hydrogens (tertiary/aromatic N) is 2. The zero-order chi connectivity index (χ0) is 24.7. The van der Waals surface area contributed by atoms with Crippen molar-refractivity contribution in [1.82, 2.24) is 4.90 Å². The van der Waals surface area contributed by atoms with Crippen molar-refractivity contribution in [2.24, 2.45) is 0 Å². The van der Waals surface area contributed by atoms with E-state index in [1.54, 1.807) is 47.4 Å². The van der Waals surface area contributed by atoms with Crippen molar-refractivity contribution in [3.8, 4) is 5.75 Å². The van der Waals surface area contributed by atoms with Crippen LogP contribution in [0.4, 0.5) is 11.4 Å². The van der Waals surface area contributed by atoms with E-state index < -0.39 is 23.8 Å². The number of hydrogen-bond donors (Lipinski definition) is 1. The number of imide groups is 1. The zero-order valence-electron chi connectivity index (χ0n) is 19.3. The number of hydrogen-bond acceptors (Lipinski definition) is 5. The van der Waals surface area contributed by atoms with Crippen LogP contribution in [0.2, 0.25) is 0 Å². The van der Waals surface area contributed by atoms with Crippen molar-refractivity contribution in [3.05, 3.63) is 89.0 Å². The maximum Gasteiger partial charge on any atom is 0.265 e. The number of anilines is 2. The van der Waals surface area contributed by atoms with Gasteiger partial charge in [-0.3, -0.25) is 24.1 Å². The molecule has 0 bridgehead atoms. The third-order valence-corrected chi connectivity index (χ3v) is 6.22. The van der Waals surface area contributed by atoms with Gasteiger partial charge in [-0.2, -0.15) is 0 Å². The Bertz CT molecular complexity index is 1330. The smallest absolute Gasteiger partial charge is 0.265 e. The summed E-state index contributed by atoms with van der Waals surface area (Å²) in [4.78, 5) is 53.7. The first-order chi connectivity index (χ1) is 16.8. The Hall–Kier alpha value is -4.46. The molecule has 0 aromatic heterocycles. The number of fused-ring (bicyclic) bond motifs is 2. The molecule has 2 aliphatic heterocycles. The fourth-order valence-electron chi connectivity index (χ4n) is 4.25. The van der Waals surface area contributed by atoms with E-state index in [4.69, 9.17) is 4.74 Å². The lowest BCUT2D eigenvalue weighted by atomic mass is 10.1. The van der Waals surface area contributed by atoms with E-state index in [1.165, 1.54) is 6.92 Å². The lowest BCUT2D eigenvalue weighted by Gasteiger charge is -2.30. The molecule has 2 heterocycles. The highest BCUT2D eigenvalue weighted by molar-refractivity contribution is 6.23. The van der Waals surface area contributed by atoms with E-state index in [9.17, 15) is 19.2 Å². The second-order valence-corrected chi connectivity index (χ2v) is 8.63. The van der Waals surface area contributed by atoms with Crippen LogP contribution in [-0.4, -0.2) is 41.2 Å². The normalized spacial score (nSPS) is 15.4. The summed E-state index contributed by atoms with van der Waals surface area (Å²) in [5, 5.41) is 2.76. The van der Waals surface area contributed by atoms with Gasteiger partial charge in [0.15, 0.2) is 6.61 Å². The zero-order valence-corrected chi connectivity index (χ0v) is 19.3. The van der Waals surface area contributed by atoms with Crippen LogP contribution in [0.5, 0.6) is 5.75 Å². The fourth-order valence-corrected chi connectivity index (χ4v) is 4.25. The van der Waals surface area contributed by atoms with E-state index in [2.05, 4.69) is 5.32 Å². The Kier molecular flexibility index (Phi) is 5.56. The van der Waals surface area contributed by atoms with Crippen molar-refractivity contribution < 1.29 is 23.9 Å². The molecule has 3 aromatic carbocycles. The van der Waals surface area contributed by atoms with Crippen LogP contribution in [0.3, 0.4) is 0 Å². The minimum atomic E-state index is -1.03. The topological polar surface area (TPSA) is 96.0 Å². The molecule has 176 valence electrons. The molecular formula is C27H23N3O5. The standard InChI is InChI=1S/C27H23N3O5/c1-16-7-9-18(10-8-16)14-29-22-13-19(11-12-23(22)35-15-24(29)31)28-25(32)17(2)30-26(33)20-5-3-4-6-21(20)27(30)34/h3-13,17H,14-15H2,1-2H3,(H,28,32). The highest BCUT2D eigenvalue weighted by atomic mass is 16.5. The van der Waals surface area contributed by atoms with Crippen molar-refractivity contribution in [3.63, 3.8) is 0 Å². The summed E-state index contributed by atoms with van der Waals surface area (Å²) < 4.78 is 5.57.